The van der Waals surface area contributed by atoms with Gasteiger partial charge in [0.25, 0.3) is 0 Å². The van der Waals surface area contributed by atoms with Crippen LogP contribution in [0, 0.1) is 6.92 Å². The molecule has 2 rings (SSSR count). The molecule has 2 N–H and O–H groups in total. The molecule has 0 amide bonds. The predicted octanol–water partition coefficient (Wildman–Crippen LogP) is -0.0911. The molecular formula is C9H9BClN3O2. The lowest BCUT2D eigenvalue weighted by atomic mass is 9.81. The second kappa shape index (κ2) is 4.25. The zero-order chi connectivity index (χ0) is 11.7. The number of nitrogens with zero attached hydrogens (tertiary/aromatic N) is 3. The number of hydrogen-bond acceptors (Lipinski definition) is 4. The van der Waals surface area contributed by atoms with E-state index in [1.165, 1.54) is 6.20 Å². The van der Waals surface area contributed by atoms with Crippen molar-refractivity contribution in [3.8, 4) is 5.69 Å². The first-order valence-electron chi connectivity index (χ1n) is 4.61. The predicted molar refractivity (Wildman–Crippen MR) is 60.9 cm³/mol. The first kappa shape index (κ1) is 11.1. The third kappa shape index (κ3) is 1.95. The molecule has 0 saturated carbocycles. The van der Waals surface area contributed by atoms with Crippen molar-refractivity contribution in [1.82, 2.24) is 14.5 Å². The zero-order valence-electron chi connectivity index (χ0n) is 8.50. The fourth-order valence-electron chi connectivity index (χ4n) is 1.39. The molecule has 5 nitrogen and oxygen atoms in total. The number of imidazole rings is 1. The summed E-state index contributed by atoms with van der Waals surface area (Å²) in [6, 6.07) is 1.56. The Balaban J connectivity index is 2.56. The van der Waals surface area contributed by atoms with Crippen LogP contribution in [-0.4, -0.2) is 31.7 Å². The van der Waals surface area contributed by atoms with Gasteiger partial charge in [0.2, 0.25) is 0 Å². The highest BCUT2D eigenvalue weighted by atomic mass is 35.5. The summed E-state index contributed by atoms with van der Waals surface area (Å²) < 4.78 is 1.72. The molecule has 0 atom stereocenters. The highest BCUT2D eigenvalue weighted by molar-refractivity contribution is 6.58. The number of pyridine rings is 1. The molecule has 0 saturated heterocycles. The standard InChI is InChI=1S/C9H9BClN3O2/c1-6-12-2-3-14(6)8-4-7(10(15)16)5-13-9(8)11/h2-5,15-16H,1H3. The smallest absolute Gasteiger partial charge is 0.423 e. The average Bonchev–Trinajstić information content (AvgIpc) is 2.65. The lowest BCUT2D eigenvalue weighted by Gasteiger charge is -2.08. The van der Waals surface area contributed by atoms with Crippen molar-refractivity contribution in [1.29, 1.82) is 0 Å². The van der Waals surface area contributed by atoms with E-state index >= 15 is 0 Å². The van der Waals surface area contributed by atoms with Crippen molar-refractivity contribution in [2.75, 3.05) is 0 Å². The van der Waals surface area contributed by atoms with Crippen molar-refractivity contribution in [2.45, 2.75) is 6.92 Å². The molecule has 0 aliphatic carbocycles. The molecule has 0 spiro atoms. The van der Waals surface area contributed by atoms with E-state index in [2.05, 4.69) is 9.97 Å². The third-order valence-corrected chi connectivity index (χ3v) is 2.52. The lowest BCUT2D eigenvalue weighted by Crippen LogP contribution is -2.30. The normalized spacial score (nSPS) is 10.5. The van der Waals surface area contributed by atoms with Crippen LogP contribution in [0.5, 0.6) is 0 Å². The summed E-state index contributed by atoms with van der Waals surface area (Å²) in [5.74, 6) is 0.744. The Hall–Kier alpha value is -1.37. The van der Waals surface area contributed by atoms with Crippen molar-refractivity contribution in [3.05, 3.63) is 35.6 Å². The van der Waals surface area contributed by atoms with Gasteiger partial charge in [0, 0.05) is 24.1 Å². The van der Waals surface area contributed by atoms with Gasteiger partial charge in [0.1, 0.15) is 5.82 Å². The maximum absolute atomic E-state index is 9.05. The molecule has 82 valence electrons. The molecular weight excluding hydrogens is 228 g/mol. The first-order valence-corrected chi connectivity index (χ1v) is 4.99. The molecule has 0 bridgehead atoms. The number of halogens is 1. The number of rotatable bonds is 2. The molecule has 0 aliphatic rings. The minimum atomic E-state index is -1.56. The number of aromatic nitrogens is 3. The van der Waals surface area contributed by atoms with Crippen LogP contribution in [0.4, 0.5) is 0 Å². The monoisotopic (exact) mass is 237 g/mol. The molecule has 0 aromatic carbocycles. The van der Waals surface area contributed by atoms with Crippen LogP contribution in [0.3, 0.4) is 0 Å². The fraction of sp³-hybridized carbons (Fsp3) is 0.111. The van der Waals surface area contributed by atoms with Crippen LogP contribution >= 0.6 is 11.6 Å². The number of hydrogen-bond donors (Lipinski definition) is 2. The average molecular weight is 237 g/mol. The Kier molecular flexibility index (Phi) is 2.96. The van der Waals surface area contributed by atoms with Crippen molar-refractivity contribution in [3.63, 3.8) is 0 Å². The maximum Gasteiger partial charge on any atom is 0.490 e. The van der Waals surface area contributed by atoms with Crippen LogP contribution < -0.4 is 5.46 Å². The number of aryl methyl sites for hydroxylation is 1. The van der Waals surface area contributed by atoms with Crippen molar-refractivity contribution >= 4 is 24.2 Å². The van der Waals surface area contributed by atoms with Gasteiger partial charge >= 0.3 is 7.12 Å². The van der Waals surface area contributed by atoms with Gasteiger partial charge in [0.05, 0.1) is 5.69 Å². The second-order valence-electron chi connectivity index (χ2n) is 3.30. The summed E-state index contributed by atoms with van der Waals surface area (Å²) in [6.07, 6.45) is 4.68. The molecule has 0 fully saturated rings. The highest BCUT2D eigenvalue weighted by Gasteiger charge is 2.15. The summed E-state index contributed by atoms with van der Waals surface area (Å²) in [7, 11) is -1.56. The van der Waals surface area contributed by atoms with Gasteiger partial charge in [0.15, 0.2) is 5.15 Å². The van der Waals surface area contributed by atoms with E-state index in [9.17, 15) is 0 Å². The van der Waals surface area contributed by atoms with E-state index in [1.54, 1.807) is 23.0 Å². The Morgan fingerprint density at radius 1 is 1.38 bits per heavy atom. The van der Waals surface area contributed by atoms with Gasteiger partial charge in [-0.3, -0.25) is 0 Å². The minimum absolute atomic E-state index is 0.283. The van der Waals surface area contributed by atoms with E-state index in [-0.39, 0.29) is 10.6 Å². The van der Waals surface area contributed by atoms with Gasteiger partial charge in [-0.15, -0.1) is 0 Å². The molecule has 2 aromatic heterocycles. The highest BCUT2D eigenvalue weighted by Crippen LogP contribution is 2.17. The summed E-state index contributed by atoms with van der Waals surface area (Å²) in [5, 5.41) is 18.4. The molecule has 2 aromatic rings. The van der Waals surface area contributed by atoms with Crippen molar-refractivity contribution < 1.29 is 10.0 Å². The van der Waals surface area contributed by atoms with Gasteiger partial charge in [-0.05, 0) is 13.0 Å². The summed E-state index contributed by atoms with van der Waals surface area (Å²) in [6.45, 7) is 1.82. The van der Waals surface area contributed by atoms with Crippen LogP contribution in [0.2, 0.25) is 5.15 Å². The Bertz CT molecular complexity index is 515. The summed E-state index contributed by atoms with van der Waals surface area (Å²) >= 11 is 5.94. The molecule has 16 heavy (non-hydrogen) atoms. The maximum atomic E-state index is 9.05. The second-order valence-corrected chi connectivity index (χ2v) is 3.65. The van der Waals surface area contributed by atoms with E-state index in [4.69, 9.17) is 21.6 Å². The Morgan fingerprint density at radius 3 is 2.69 bits per heavy atom. The largest absolute Gasteiger partial charge is 0.490 e. The summed E-state index contributed by atoms with van der Waals surface area (Å²) in [4.78, 5) is 7.95. The van der Waals surface area contributed by atoms with Crippen LogP contribution in [0.1, 0.15) is 5.82 Å². The zero-order valence-corrected chi connectivity index (χ0v) is 9.26. The molecule has 7 heteroatoms. The molecule has 0 aliphatic heterocycles. The third-order valence-electron chi connectivity index (χ3n) is 2.23. The van der Waals surface area contributed by atoms with Gasteiger partial charge in [-0.2, -0.15) is 0 Å². The van der Waals surface area contributed by atoms with E-state index in [0.717, 1.165) is 5.82 Å². The van der Waals surface area contributed by atoms with E-state index in [0.29, 0.717) is 5.69 Å². The lowest BCUT2D eigenvalue weighted by molar-refractivity contribution is 0.425. The quantitative estimate of drug-likeness (QED) is 0.566. The van der Waals surface area contributed by atoms with Crippen LogP contribution in [0.15, 0.2) is 24.7 Å². The van der Waals surface area contributed by atoms with E-state index < -0.39 is 7.12 Å². The Morgan fingerprint density at radius 2 is 2.12 bits per heavy atom. The molecule has 0 unspecified atom stereocenters. The van der Waals surface area contributed by atoms with Gasteiger partial charge in [-0.1, -0.05) is 11.6 Å². The molecule has 2 heterocycles. The molecule has 0 radical (unpaired) electrons. The minimum Gasteiger partial charge on any atom is -0.423 e. The van der Waals surface area contributed by atoms with Gasteiger partial charge < -0.3 is 14.6 Å². The summed E-state index contributed by atoms with van der Waals surface area (Å²) in [5.41, 5.74) is 0.856. The topological polar surface area (TPSA) is 71.2 Å². The Labute approximate surface area is 97.5 Å². The van der Waals surface area contributed by atoms with Crippen LogP contribution in [0.25, 0.3) is 5.69 Å². The van der Waals surface area contributed by atoms with Crippen LogP contribution in [-0.2, 0) is 0 Å². The van der Waals surface area contributed by atoms with Crippen molar-refractivity contribution in [2.24, 2.45) is 0 Å². The van der Waals surface area contributed by atoms with E-state index in [1.807, 2.05) is 6.92 Å². The SMILES string of the molecule is Cc1nccn1-c1cc(B(O)O)cnc1Cl. The van der Waals surface area contributed by atoms with Gasteiger partial charge in [-0.25, -0.2) is 9.97 Å². The fourth-order valence-corrected chi connectivity index (χ4v) is 1.59. The first-order chi connectivity index (χ1) is 7.59.